The fourth-order valence-corrected chi connectivity index (χ4v) is 3.36. The maximum atomic E-state index is 6.16. The van der Waals surface area contributed by atoms with Gasteiger partial charge in [0.15, 0.2) is 5.65 Å². The van der Waals surface area contributed by atoms with Crippen LogP contribution in [0.4, 0.5) is 5.82 Å². The minimum Gasteiger partial charge on any atom is -0.492 e. The second kappa shape index (κ2) is 6.65. The van der Waals surface area contributed by atoms with E-state index >= 15 is 0 Å². The number of ether oxygens (including phenoxy) is 1. The lowest BCUT2D eigenvalue weighted by Gasteiger charge is -2.33. The quantitative estimate of drug-likeness (QED) is 0.787. The van der Waals surface area contributed by atoms with Gasteiger partial charge in [-0.3, -0.25) is 5.10 Å². The standard InChI is InChI=1S/C17H18ClN5O/c18-14-5-1-2-6-15(14)24-10-12-4-3-7-23(9-12)17-13-8-21-22-16(13)19-11-20-17/h1-2,5-6,8,11-12H,3-4,7,9-10H2,(H,19,20,21,22). The number of fused-ring (bicyclic) bond motifs is 1. The SMILES string of the molecule is Clc1ccccc1OCC1CCCN(c2ncnc3[nH]ncc23)C1. The molecule has 0 aliphatic carbocycles. The molecule has 1 atom stereocenters. The van der Waals surface area contributed by atoms with Gasteiger partial charge in [-0.15, -0.1) is 0 Å². The van der Waals surface area contributed by atoms with E-state index in [1.807, 2.05) is 24.3 Å². The van der Waals surface area contributed by atoms with Gasteiger partial charge in [-0.2, -0.15) is 5.10 Å². The van der Waals surface area contributed by atoms with Crippen molar-refractivity contribution in [1.82, 2.24) is 20.2 Å². The van der Waals surface area contributed by atoms with Gasteiger partial charge in [-0.1, -0.05) is 23.7 Å². The summed E-state index contributed by atoms with van der Waals surface area (Å²) >= 11 is 6.16. The number of H-pyrrole nitrogens is 1. The van der Waals surface area contributed by atoms with Crippen molar-refractivity contribution in [3.05, 3.63) is 41.8 Å². The molecule has 1 fully saturated rings. The summed E-state index contributed by atoms with van der Waals surface area (Å²) in [5.41, 5.74) is 0.773. The van der Waals surface area contributed by atoms with Crippen molar-refractivity contribution in [2.75, 3.05) is 24.6 Å². The van der Waals surface area contributed by atoms with Crippen LogP contribution in [0.2, 0.25) is 5.02 Å². The molecular formula is C17H18ClN5O. The zero-order valence-electron chi connectivity index (χ0n) is 13.2. The summed E-state index contributed by atoms with van der Waals surface area (Å²) in [5, 5.41) is 8.58. The molecule has 0 amide bonds. The molecule has 1 N–H and O–H groups in total. The van der Waals surface area contributed by atoms with Crippen molar-refractivity contribution in [3.63, 3.8) is 0 Å². The number of piperidine rings is 1. The van der Waals surface area contributed by atoms with Crippen LogP contribution in [0.1, 0.15) is 12.8 Å². The molecule has 3 aromatic rings. The summed E-state index contributed by atoms with van der Waals surface area (Å²) in [4.78, 5) is 11.0. The van der Waals surface area contributed by atoms with E-state index in [1.54, 1.807) is 12.5 Å². The normalized spacial score (nSPS) is 18.0. The number of benzene rings is 1. The first-order valence-corrected chi connectivity index (χ1v) is 8.45. The second-order valence-corrected chi connectivity index (χ2v) is 6.43. The van der Waals surface area contributed by atoms with Crippen molar-refractivity contribution >= 4 is 28.5 Å². The van der Waals surface area contributed by atoms with E-state index in [0.717, 1.165) is 48.5 Å². The Labute approximate surface area is 144 Å². The van der Waals surface area contributed by atoms with Crippen LogP contribution in [-0.4, -0.2) is 39.9 Å². The van der Waals surface area contributed by atoms with Crippen LogP contribution in [0.15, 0.2) is 36.8 Å². The fourth-order valence-electron chi connectivity index (χ4n) is 3.17. The first kappa shape index (κ1) is 15.2. The fraction of sp³-hybridized carbons (Fsp3) is 0.353. The van der Waals surface area contributed by atoms with E-state index in [1.165, 1.54) is 0 Å². The Hall–Kier alpha value is -2.34. The van der Waals surface area contributed by atoms with E-state index < -0.39 is 0 Å². The zero-order chi connectivity index (χ0) is 16.4. The van der Waals surface area contributed by atoms with E-state index in [0.29, 0.717) is 17.5 Å². The van der Waals surface area contributed by atoms with Crippen LogP contribution in [0.5, 0.6) is 5.75 Å². The lowest BCUT2D eigenvalue weighted by molar-refractivity contribution is 0.229. The Morgan fingerprint density at radius 1 is 1.29 bits per heavy atom. The predicted molar refractivity (Wildman–Crippen MR) is 93.6 cm³/mol. The number of aromatic nitrogens is 4. The molecule has 1 aliphatic heterocycles. The minimum absolute atomic E-state index is 0.437. The van der Waals surface area contributed by atoms with Gasteiger partial charge in [-0.25, -0.2) is 9.97 Å². The molecule has 0 saturated carbocycles. The topological polar surface area (TPSA) is 66.9 Å². The number of para-hydroxylation sites is 1. The summed E-state index contributed by atoms with van der Waals surface area (Å²) in [7, 11) is 0. The number of nitrogens with zero attached hydrogens (tertiary/aromatic N) is 4. The maximum Gasteiger partial charge on any atom is 0.160 e. The number of nitrogens with one attached hydrogen (secondary N) is 1. The van der Waals surface area contributed by atoms with Crippen LogP contribution in [0.25, 0.3) is 11.0 Å². The van der Waals surface area contributed by atoms with Gasteiger partial charge in [0.1, 0.15) is 17.9 Å². The molecule has 2 aromatic heterocycles. The van der Waals surface area contributed by atoms with Crippen LogP contribution in [0, 0.1) is 5.92 Å². The molecule has 0 spiro atoms. The first-order valence-electron chi connectivity index (χ1n) is 8.07. The summed E-state index contributed by atoms with van der Waals surface area (Å²) in [5.74, 6) is 2.12. The number of halogens is 1. The van der Waals surface area contributed by atoms with Crippen LogP contribution < -0.4 is 9.64 Å². The van der Waals surface area contributed by atoms with Gasteiger partial charge in [0, 0.05) is 19.0 Å². The van der Waals surface area contributed by atoms with Gasteiger partial charge >= 0.3 is 0 Å². The molecule has 3 heterocycles. The molecule has 0 bridgehead atoms. The van der Waals surface area contributed by atoms with Crippen molar-refractivity contribution in [3.8, 4) is 5.75 Å². The van der Waals surface area contributed by atoms with Crippen molar-refractivity contribution in [1.29, 1.82) is 0 Å². The number of aromatic amines is 1. The highest BCUT2D eigenvalue weighted by Gasteiger charge is 2.23. The van der Waals surface area contributed by atoms with Gasteiger partial charge in [0.05, 0.1) is 23.2 Å². The highest BCUT2D eigenvalue weighted by Crippen LogP contribution is 2.28. The van der Waals surface area contributed by atoms with E-state index in [4.69, 9.17) is 16.3 Å². The molecule has 1 saturated heterocycles. The smallest absolute Gasteiger partial charge is 0.160 e. The lowest BCUT2D eigenvalue weighted by Crippen LogP contribution is -2.38. The number of hydrogen-bond acceptors (Lipinski definition) is 5. The predicted octanol–water partition coefficient (Wildman–Crippen LogP) is 3.30. The van der Waals surface area contributed by atoms with Crippen molar-refractivity contribution in [2.45, 2.75) is 12.8 Å². The van der Waals surface area contributed by atoms with Crippen LogP contribution in [0.3, 0.4) is 0 Å². The van der Waals surface area contributed by atoms with Gasteiger partial charge in [0.25, 0.3) is 0 Å². The third-order valence-corrected chi connectivity index (χ3v) is 4.67. The summed E-state index contributed by atoms with van der Waals surface area (Å²) < 4.78 is 5.92. The minimum atomic E-state index is 0.437. The van der Waals surface area contributed by atoms with Gasteiger partial charge in [0.2, 0.25) is 0 Å². The summed E-state index contributed by atoms with van der Waals surface area (Å²) in [6, 6.07) is 7.59. The monoisotopic (exact) mass is 343 g/mol. The third kappa shape index (κ3) is 3.01. The molecule has 7 heteroatoms. The maximum absolute atomic E-state index is 6.16. The summed E-state index contributed by atoms with van der Waals surface area (Å²) in [6.45, 7) is 2.54. The average molecular weight is 344 g/mol. The Morgan fingerprint density at radius 3 is 3.12 bits per heavy atom. The number of anilines is 1. The van der Waals surface area contributed by atoms with E-state index in [-0.39, 0.29) is 0 Å². The van der Waals surface area contributed by atoms with Crippen molar-refractivity contribution < 1.29 is 4.74 Å². The Balaban J connectivity index is 1.46. The Bertz CT molecular complexity index is 836. The molecular weight excluding hydrogens is 326 g/mol. The lowest BCUT2D eigenvalue weighted by atomic mass is 9.99. The van der Waals surface area contributed by atoms with E-state index in [2.05, 4.69) is 25.1 Å². The molecule has 1 aromatic carbocycles. The molecule has 0 radical (unpaired) electrons. The molecule has 124 valence electrons. The molecule has 6 nitrogen and oxygen atoms in total. The third-order valence-electron chi connectivity index (χ3n) is 4.36. The highest BCUT2D eigenvalue weighted by molar-refractivity contribution is 6.32. The van der Waals surface area contributed by atoms with Gasteiger partial charge < -0.3 is 9.64 Å². The van der Waals surface area contributed by atoms with Crippen molar-refractivity contribution in [2.24, 2.45) is 5.92 Å². The average Bonchev–Trinajstić information content (AvgIpc) is 3.10. The molecule has 24 heavy (non-hydrogen) atoms. The largest absolute Gasteiger partial charge is 0.492 e. The Morgan fingerprint density at radius 2 is 2.21 bits per heavy atom. The first-order chi connectivity index (χ1) is 11.8. The Kier molecular flexibility index (Phi) is 4.21. The zero-order valence-corrected chi connectivity index (χ0v) is 13.9. The number of hydrogen-bond donors (Lipinski definition) is 1. The molecule has 4 rings (SSSR count). The molecule has 1 unspecified atom stereocenters. The number of rotatable bonds is 4. The molecule has 1 aliphatic rings. The highest BCUT2D eigenvalue weighted by atomic mass is 35.5. The van der Waals surface area contributed by atoms with Gasteiger partial charge in [-0.05, 0) is 25.0 Å². The summed E-state index contributed by atoms with van der Waals surface area (Å²) in [6.07, 6.45) is 5.62. The van der Waals surface area contributed by atoms with Crippen LogP contribution >= 0.6 is 11.6 Å². The van der Waals surface area contributed by atoms with E-state index in [9.17, 15) is 0 Å². The van der Waals surface area contributed by atoms with Crippen LogP contribution in [-0.2, 0) is 0 Å². The second-order valence-electron chi connectivity index (χ2n) is 6.03.